The highest BCUT2D eigenvalue weighted by molar-refractivity contribution is 5.26. The van der Waals surface area contributed by atoms with E-state index in [0.29, 0.717) is 13.1 Å². The van der Waals surface area contributed by atoms with Gasteiger partial charge < -0.3 is 15.5 Å². The summed E-state index contributed by atoms with van der Waals surface area (Å²) in [4.78, 5) is 8.35. The minimum atomic E-state index is 0.139. The highest BCUT2D eigenvalue weighted by Crippen LogP contribution is 1.54. The quantitative estimate of drug-likeness (QED) is 0.221. The van der Waals surface area contributed by atoms with E-state index < -0.39 is 0 Å². The van der Waals surface area contributed by atoms with Gasteiger partial charge in [-0.3, -0.25) is 0 Å². The molecule has 0 aromatic carbocycles. The predicted octanol–water partition coefficient (Wildman–Crippen LogP) is -1.54. The number of carbonyl (C=O) groups excluding carboxylic acids is 1. The Morgan fingerprint density at radius 3 is 1.80 bits per heavy atom. The first-order valence-corrected chi connectivity index (χ1v) is 2.79. The fourth-order valence-corrected chi connectivity index (χ4v) is 0.283. The standard InChI is InChI=1S/C4H11NO2.CHNO/c6-3-1-5-2-4-7;2-1-3/h5-7H,1-4H2;2H. The predicted molar refractivity (Wildman–Crippen MR) is 35.5 cm³/mol. The lowest BCUT2D eigenvalue weighted by Gasteiger charge is -1.94. The average Bonchev–Trinajstić information content (AvgIpc) is 1.91. The molecule has 0 atom stereocenters. The molecule has 4 N–H and O–H groups in total. The van der Waals surface area contributed by atoms with Crippen molar-refractivity contribution in [1.29, 1.82) is 5.41 Å². The summed E-state index contributed by atoms with van der Waals surface area (Å²) in [7, 11) is 0. The van der Waals surface area contributed by atoms with Gasteiger partial charge in [0.05, 0.1) is 13.2 Å². The third-order valence-corrected chi connectivity index (χ3v) is 0.577. The Kier molecular flexibility index (Phi) is 18.9. The summed E-state index contributed by atoms with van der Waals surface area (Å²) in [5, 5.41) is 24.5. The van der Waals surface area contributed by atoms with Gasteiger partial charge >= 0.3 is 0 Å². The van der Waals surface area contributed by atoms with Crippen molar-refractivity contribution in [2.45, 2.75) is 0 Å². The van der Waals surface area contributed by atoms with Crippen LogP contribution in [0.2, 0.25) is 0 Å². The Morgan fingerprint density at radius 1 is 1.30 bits per heavy atom. The maximum Gasteiger partial charge on any atom is 0.231 e. The summed E-state index contributed by atoms with van der Waals surface area (Å²) in [6.45, 7) is 1.42. The first-order chi connectivity index (χ1) is 4.83. The van der Waals surface area contributed by atoms with Gasteiger partial charge in [0.25, 0.3) is 0 Å². The fraction of sp³-hybridized carbons (Fsp3) is 0.800. The molecule has 5 nitrogen and oxygen atoms in total. The zero-order valence-corrected chi connectivity index (χ0v) is 5.63. The van der Waals surface area contributed by atoms with Crippen LogP contribution in [0.4, 0.5) is 0 Å². The summed E-state index contributed by atoms with van der Waals surface area (Å²) in [6.07, 6.45) is 0.750. The highest BCUT2D eigenvalue weighted by Gasteiger charge is 1.78. The zero-order chi connectivity index (χ0) is 8.24. The van der Waals surface area contributed by atoms with Crippen LogP contribution in [0.1, 0.15) is 0 Å². The summed E-state index contributed by atoms with van der Waals surface area (Å²) in [5.41, 5.74) is 0. The van der Waals surface area contributed by atoms with Crippen LogP contribution in [0.25, 0.3) is 0 Å². The molecule has 10 heavy (non-hydrogen) atoms. The molecule has 60 valence electrons. The molecule has 0 heterocycles. The minimum absolute atomic E-state index is 0.139. The van der Waals surface area contributed by atoms with E-state index in [1.165, 1.54) is 0 Å². The van der Waals surface area contributed by atoms with Gasteiger partial charge in [-0.25, -0.2) is 10.2 Å². The fourth-order valence-electron chi connectivity index (χ4n) is 0.283. The second-order valence-corrected chi connectivity index (χ2v) is 1.30. The van der Waals surface area contributed by atoms with Gasteiger partial charge in [-0.2, -0.15) is 0 Å². The molecule has 0 saturated carbocycles. The zero-order valence-electron chi connectivity index (χ0n) is 5.63. The molecule has 5 heteroatoms. The number of aliphatic hydroxyl groups is 2. The van der Waals surface area contributed by atoms with E-state index in [4.69, 9.17) is 20.4 Å². The van der Waals surface area contributed by atoms with Crippen LogP contribution < -0.4 is 5.32 Å². The topological polar surface area (TPSA) is 93.4 Å². The Hall–Kier alpha value is -0.740. The molecule has 0 unspecified atom stereocenters. The molecule has 0 spiro atoms. The van der Waals surface area contributed by atoms with Crippen LogP contribution in [-0.4, -0.2) is 42.6 Å². The van der Waals surface area contributed by atoms with Crippen LogP contribution in [-0.2, 0) is 4.79 Å². The molecule has 0 fully saturated rings. The Bertz CT molecular complexity index is 77.0. The average molecular weight is 148 g/mol. The van der Waals surface area contributed by atoms with Crippen molar-refractivity contribution in [1.82, 2.24) is 5.32 Å². The molecule has 0 amide bonds. The van der Waals surface area contributed by atoms with E-state index in [-0.39, 0.29) is 13.2 Å². The highest BCUT2D eigenvalue weighted by atomic mass is 16.3. The van der Waals surface area contributed by atoms with Crippen molar-refractivity contribution in [2.24, 2.45) is 0 Å². The molecule has 0 aromatic heterocycles. The minimum Gasteiger partial charge on any atom is -0.395 e. The molecular weight excluding hydrogens is 136 g/mol. The lowest BCUT2D eigenvalue weighted by molar-refractivity contribution is 0.267. The van der Waals surface area contributed by atoms with Crippen molar-refractivity contribution in [3.05, 3.63) is 0 Å². The van der Waals surface area contributed by atoms with E-state index in [1.54, 1.807) is 0 Å². The molecule has 0 radical (unpaired) electrons. The lowest BCUT2D eigenvalue weighted by Crippen LogP contribution is -2.21. The van der Waals surface area contributed by atoms with Gasteiger partial charge in [0.15, 0.2) is 0 Å². The molecule has 0 aliphatic carbocycles. The number of rotatable bonds is 4. The molecule has 0 aliphatic rings. The van der Waals surface area contributed by atoms with E-state index >= 15 is 0 Å². The van der Waals surface area contributed by atoms with Gasteiger partial charge in [-0.1, -0.05) is 0 Å². The molecular formula is C5H12N2O3. The molecule has 0 rings (SSSR count). The first-order valence-electron chi connectivity index (χ1n) is 2.79. The van der Waals surface area contributed by atoms with Crippen molar-refractivity contribution < 1.29 is 15.0 Å². The van der Waals surface area contributed by atoms with Gasteiger partial charge in [-0.05, 0) is 0 Å². The van der Waals surface area contributed by atoms with Crippen molar-refractivity contribution in [2.75, 3.05) is 26.3 Å². The maximum atomic E-state index is 8.35. The smallest absolute Gasteiger partial charge is 0.231 e. The third-order valence-electron chi connectivity index (χ3n) is 0.577. The van der Waals surface area contributed by atoms with Crippen molar-refractivity contribution in [3.8, 4) is 0 Å². The van der Waals surface area contributed by atoms with Crippen molar-refractivity contribution >= 4 is 6.08 Å². The monoisotopic (exact) mass is 148 g/mol. The van der Waals surface area contributed by atoms with Crippen LogP contribution in [0.5, 0.6) is 0 Å². The Labute approximate surface area is 59.2 Å². The van der Waals surface area contributed by atoms with E-state index in [1.807, 2.05) is 0 Å². The van der Waals surface area contributed by atoms with Crippen molar-refractivity contribution in [3.63, 3.8) is 0 Å². The number of hydrogen-bond donors (Lipinski definition) is 4. The largest absolute Gasteiger partial charge is 0.395 e. The summed E-state index contributed by atoms with van der Waals surface area (Å²) < 4.78 is 0. The molecule has 0 aliphatic heterocycles. The van der Waals surface area contributed by atoms with Crippen LogP contribution in [0, 0.1) is 5.41 Å². The Morgan fingerprint density at radius 2 is 1.60 bits per heavy atom. The second-order valence-electron chi connectivity index (χ2n) is 1.30. The summed E-state index contributed by atoms with van der Waals surface area (Å²) in [5.74, 6) is 0. The van der Waals surface area contributed by atoms with Gasteiger partial charge in [0.2, 0.25) is 6.08 Å². The lowest BCUT2D eigenvalue weighted by atomic mass is 10.6. The van der Waals surface area contributed by atoms with Gasteiger partial charge in [0.1, 0.15) is 0 Å². The summed E-state index contributed by atoms with van der Waals surface area (Å²) in [6, 6.07) is 0. The first kappa shape index (κ1) is 12.0. The van der Waals surface area contributed by atoms with Gasteiger partial charge in [0, 0.05) is 13.1 Å². The molecule has 0 saturated heterocycles. The SMILES string of the molecule is N=C=O.OCCNCCO. The third kappa shape index (κ3) is 26.8. The maximum absolute atomic E-state index is 8.35. The van der Waals surface area contributed by atoms with E-state index in [2.05, 4.69) is 5.32 Å². The molecule has 0 bridgehead atoms. The van der Waals surface area contributed by atoms with E-state index in [9.17, 15) is 0 Å². The number of aliphatic hydroxyl groups excluding tert-OH is 2. The van der Waals surface area contributed by atoms with E-state index in [0.717, 1.165) is 6.08 Å². The second kappa shape index (κ2) is 15.7. The number of hydrogen-bond acceptors (Lipinski definition) is 5. The molecule has 0 aromatic rings. The van der Waals surface area contributed by atoms with Crippen LogP contribution >= 0.6 is 0 Å². The summed E-state index contributed by atoms with van der Waals surface area (Å²) >= 11 is 0. The van der Waals surface area contributed by atoms with Crippen LogP contribution in [0.15, 0.2) is 0 Å². The normalized spacial score (nSPS) is 7.40. The number of isocyanates is 1. The van der Waals surface area contributed by atoms with Gasteiger partial charge in [-0.15, -0.1) is 0 Å². The Balaban J connectivity index is 0. The van der Waals surface area contributed by atoms with Crippen LogP contribution in [0.3, 0.4) is 0 Å². The number of nitrogens with one attached hydrogen (secondary N) is 2.